The number of carbonyl (C=O) groups excluding carboxylic acids is 1. The summed E-state index contributed by atoms with van der Waals surface area (Å²) in [5.41, 5.74) is -0.835. The molecule has 0 radical (unpaired) electrons. The Kier molecular flexibility index (Phi) is 5.02. The van der Waals surface area contributed by atoms with E-state index < -0.39 is 11.4 Å². The third kappa shape index (κ3) is 3.14. The van der Waals surface area contributed by atoms with Crippen molar-refractivity contribution in [3.63, 3.8) is 0 Å². The van der Waals surface area contributed by atoms with Gasteiger partial charge in [0.05, 0.1) is 5.41 Å². The highest BCUT2D eigenvalue weighted by Gasteiger charge is 2.44. The van der Waals surface area contributed by atoms with Gasteiger partial charge in [0.1, 0.15) is 0 Å². The number of carboxylic acid groups (broad SMARTS) is 1. The maximum absolute atomic E-state index is 12.5. The van der Waals surface area contributed by atoms with Gasteiger partial charge in [-0.2, -0.15) is 0 Å². The third-order valence-corrected chi connectivity index (χ3v) is 4.90. The Morgan fingerprint density at radius 1 is 1.15 bits per heavy atom. The van der Waals surface area contributed by atoms with E-state index >= 15 is 0 Å². The third-order valence-electron chi connectivity index (χ3n) is 4.90. The fourth-order valence-electron chi connectivity index (χ4n) is 3.36. The topological polar surface area (TPSA) is 77.8 Å². The van der Waals surface area contributed by atoms with Crippen LogP contribution in [0.1, 0.15) is 57.8 Å². The van der Waals surface area contributed by atoms with Gasteiger partial charge in [-0.25, -0.2) is 0 Å². The van der Waals surface area contributed by atoms with Gasteiger partial charge < -0.3 is 15.1 Å². The molecule has 0 aromatic heterocycles. The molecule has 2 rings (SSSR count). The van der Waals surface area contributed by atoms with Gasteiger partial charge in [-0.3, -0.25) is 9.59 Å². The summed E-state index contributed by atoms with van der Waals surface area (Å²) in [4.78, 5) is 25.9. The average molecular weight is 283 g/mol. The Bertz CT molecular complexity index is 359. The van der Waals surface area contributed by atoms with Gasteiger partial charge in [-0.15, -0.1) is 0 Å². The van der Waals surface area contributed by atoms with Crippen molar-refractivity contribution >= 4 is 11.9 Å². The van der Waals surface area contributed by atoms with Crippen LogP contribution in [0, 0.1) is 5.41 Å². The van der Waals surface area contributed by atoms with Crippen molar-refractivity contribution in [3.05, 3.63) is 0 Å². The zero-order valence-corrected chi connectivity index (χ0v) is 12.0. The number of rotatable bonds is 7. The van der Waals surface area contributed by atoms with Gasteiger partial charge in [-0.1, -0.05) is 12.8 Å². The van der Waals surface area contributed by atoms with Gasteiger partial charge in [0.25, 0.3) is 0 Å². The van der Waals surface area contributed by atoms with Gasteiger partial charge >= 0.3 is 5.97 Å². The summed E-state index contributed by atoms with van der Waals surface area (Å²) >= 11 is 0. The van der Waals surface area contributed by atoms with E-state index in [0.717, 1.165) is 32.1 Å². The monoisotopic (exact) mass is 283 g/mol. The predicted molar refractivity (Wildman–Crippen MR) is 74.2 cm³/mol. The van der Waals surface area contributed by atoms with Crippen molar-refractivity contribution in [2.45, 2.75) is 63.8 Å². The zero-order valence-electron chi connectivity index (χ0n) is 12.0. The molecule has 0 aromatic rings. The van der Waals surface area contributed by atoms with Crippen LogP contribution in [0.15, 0.2) is 0 Å². The van der Waals surface area contributed by atoms with E-state index in [-0.39, 0.29) is 25.0 Å². The lowest BCUT2D eigenvalue weighted by atomic mass is 9.81. The van der Waals surface area contributed by atoms with E-state index in [4.69, 9.17) is 5.11 Å². The van der Waals surface area contributed by atoms with Crippen molar-refractivity contribution < 1.29 is 19.8 Å². The molecule has 5 heteroatoms. The number of hydrogen-bond donors (Lipinski definition) is 2. The van der Waals surface area contributed by atoms with Crippen LogP contribution >= 0.6 is 0 Å². The highest BCUT2D eigenvalue weighted by atomic mass is 16.4. The molecule has 2 aliphatic carbocycles. The number of carbonyl (C=O) groups is 2. The molecular weight excluding hydrogens is 258 g/mol. The lowest BCUT2D eigenvalue weighted by Crippen LogP contribution is -2.47. The lowest BCUT2D eigenvalue weighted by Gasteiger charge is -2.39. The van der Waals surface area contributed by atoms with E-state index in [9.17, 15) is 14.7 Å². The van der Waals surface area contributed by atoms with Crippen molar-refractivity contribution in [1.29, 1.82) is 0 Å². The molecule has 0 aromatic carbocycles. The quantitative estimate of drug-likeness (QED) is 0.746. The lowest BCUT2D eigenvalue weighted by molar-refractivity contribution is -0.154. The summed E-state index contributed by atoms with van der Waals surface area (Å²) in [5, 5.41) is 18.4. The molecule has 20 heavy (non-hydrogen) atoms. The van der Waals surface area contributed by atoms with Crippen LogP contribution in [-0.4, -0.2) is 46.2 Å². The van der Waals surface area contributed by atoms with Crippen LogP contribution in [0.3, 0.4) is 0 Å². The molecule has 0 bridgehead atoms. The molecule has 1 amide bonds. The molecular formula is C15H25NO4. The largest absolute Gasteiger partial charge is 0.481 e. The summed E-state index contributed by atoms with van der Waals surface area (Å²) < 4.78 is 0. The maximum atomic E-state index is 12.5. The second-order valence-electron chi connectivity index (χ2n) is 6.22. The Morgan fingerprint density at radius 3 is 2.25 bits per heavy atom. The normalized spacial score (nSPS) is 21.4. The maximum Gasteiger partial charge on any atom is 0.310 e. The van der Waals surface area contributed by atoms with E-state index in [1.54, 1.807) is 0 Å². The first-order valence-electron chi connectivity index (χ1n) is 7.73. The Hall–Kier alpha value is -1.10. The van der Waals surface area contributed by atoms with Gasteiger partial charge in [0.2, 0.25) is 5.91 Å². The molecule has 2 N–H and O–H groups in total. The number of aliphatic carboxylic acids is 1. The minimum atomic E-state index is -0.835. The molecule has 2 saturated carbocycles. The smallest absolute Gasteiger partial charge is 0.310 e. The van der Waals surface area contributed by atoms with Gasteiger partial charge in [-0.05, 0) is 38.5 Å². The molecule has 0 atom stereocenters. The van der Waals surface area contributed by atoms with E-state index in [1.807, 2.05) is 4.90 Å². The number of nitrogens with zero attached hydrogens (tertiary/aromatic N) is 1. The number of amides is 1. The molecule has 0 spiro atoms. The minimum Gasteiger partial charge on any atom is -0.481 e. The van der Waals surface area contributed by atoms with Crippen molar-refractivity contribution in [2.24, 2.45) is 5.41 Å². The highest BCUT2D eigenvalue weighted by molar-refractivity contribution is 5.85. The first-order chi connectivity index (χ1) is 9.59. The van der Waals surface area contributed by atoms with Crippen LogP contribution in [0.4, 0.5) is 0 Å². The van der Waals surface area contributed by atoms with Crippen molar-refractivity contribution in [2.75, 3.05) is 13.2 Å². The van der Waals surface area contributed by atoms with Crippen LogP contribution in [0.2, 0.25) is 0 Å². The number of aliphatic hydroxyl groups excluding tert-OH is 1. The number of aliphatic hydroxyl groups is 1. The van der Waals surface area contributed by atoms with Crippen LogP contribution < -0.4 is 0 Å². The highest BCUT2D eigenvalue weighted by Crippen LogP contribution is 2.42. The summed E-state index contributed by atoms with van der Waals surface area (Å²) in [6.45, 7) is 0.621. The SMILES string of the molecule is O=C(CC1(C(=O)O)CCCC1)N(CCCO)C1CCC1. The molecule has 2 fully saturated rings. The second-order valence-corrected chi connectivity index (χ2v) is 6.22. The molecule has 0 heterocycles. The van der Waals surface area contributed by atoms with Crippen LogP contribution in [0.5, 0.6) is 0 Å². The summed E-state index contributed by atoms with van der Waals surface area (Å²) in [5.74, 6) is -0.855. The number of carboxylic acids is 1. The van der Waals surface area contributed by atoms with Crippen LogP contribution in [-0.2, 0) is 9.59 Å². The Morgan fingerprint density at radius 2 is 1.80 bits per heavy atom. The summed E-state index contributed by atoms with van der Waals surface area (Å²) in [6, 6.07) is 0.265. The first kappa shape index (κ1) is 15.3. The summed E-state index contributed by atoms with van der Waals surface area (Å²) in [6.07, 6.45) is 6.90. The first-order valence-corrected chi connectivity index (χ1v) is 7.73. The molecule has 0 unspecified atom stereocenters. The second kappa shape index (κ2) is 6.57. The standard InChI is InChI=1S/C15H25NO4/c17-10-4-9-16(12-5-3-6-12)13(18)11-15(14(19)20)7-1-2-8-15/h12,17H,1-11H2,(H,19,20). The Labute approximate surface area is 120 Å². The number of hydrogen-bond acceptors (Lipinski definition) is 3. The van der Waals surface area contributed by atoms with E-state index in [0.29, 0.717) is 25.8 Å². The van der Waals surface area contributed by atoms with Gasteiger partial charge in [0, 0.05) is 25.6 Å². The molecule has 0 saturated heterocycles. The van der Waals surface area contributed by atoms with Crippen molar-refractivity contribution in [1.82, 2.24) is 4.90 Å². The van der Waals surface area contributed by atoms with Gasteiger partial charge in [0.15, 0.2) is 0 Å². The average Bonchev–Trinajstić information content (AvgIpc) is 2.81. The van der Waals surface area contributed by atoms with Crippen molar-refractivity contribution in [3.8, 4) is 0 Å². The molecule has 5 nitrogen and oxygen atoms in total. The fourth-order valence-corrected chi connectivity index (χ4v) is 3.36. The molecule has 114 valence electrons. The predicted octanol–water partition coefficient (Wildman–Crippen LogP) is 1.78. The minimum absolute atomic E-state index is 0.0348. The van der Waals surface area contributed by atoms with E-state index in [1.165, 1.54) is 0 Å². The molecule has 2 aliphatic rings. The summed E-state index contributed by atoms with van der Waals surface area (Å²) in [7, 11) is 0. The zero-order chi connectivity index (χ0) is 14.6. The fraction of sp³-hybridized carbons (Fsp3) is 0.867. The van der Waals surface area contributed by atoms with E-state index in [2.05, 4.69) is 0 Å². The van der Waals surface area contributed by atoms with Crippen LogP contribution in [0.25, 0.3) is 0 Å². The molecule has 0 aliphatic heterocycles. The Balaban J connectivity index is 2.01.